The van der Waals surface area contributed by atoms with E-state index in [-0.39, 0.29) is 5.91 Å². The van der Waals surface area contributed by atoms with Crippen LogP contribution in [0, 0.1) is 5.92 Å². The van der Waals surface area contributed by atoms with Crippen LogP contribution in [0.5, 0.6) is 0 Å². The number of anilines is 1. The molecular formula is C10H11BrN2OS. The van der Waals surface area contributed by atoms with Crippen molar-refractivity contribution in [2.45, 2.75) is 19.3 Å². The molecule has 0 saturated heterocycles. The van der Waals surface area contributed by atoms with Gasteiger partial charge in [0.05, 0.1) is 9.98 Å². The summed E-state index contributed by atoms with van der Waals surface area (Å²) in [6, 6.07) is 0. The summed E-state index contributed by atoms with van der Waals surface area (Å²) in [4.78, 5) is 15.6. The minimum absolute atomic E-state index is 0.0494. The van der Waals surface area contributed by atoms with E-state index in [9.17, 15) is 4.79 Å². The van der Waals surface area contributed by atoms with Crippen molar-refractivity contribution in [1.82, 2.24) is 4.98 Å². The molecule has 0 bridgehead atoms. The Hall–Kier alpha value is -0.680. The van der Waals surface area contributed by atoms with E-state index in [4.69, 9.17) is 0 Å². The number of allylic oxidation sites excluding steroid dienone is 2. The number of hydrogen-bond acceptors (Lipinski definition) is 3. The van der Waals surface area contributed by atoms with Crippen LogP contribution in [-0.4, -0.2) is 10.9 Å². The van der Waals surface area contributed by atoms with Gasteiger partial charge in [-0.2, -0.15) is 0 Å². The lowest BCUT2D eigenvalue weighted by molar-refractivity contribution is -0.116. The first-order chi connectivity index (χ1) is 7.24. The van der Waals surface area contributed by atoms with Crippen LogP contribution in [0.3, 0.4) is 0 Å². The number of nitrogens with one attached hydrogen (secondary N) is 1. The summed E-state index contributed by atoms with van der Waals surface area (Å²) in [5.41, 5.74) is 0. The van der Waals surface area contributed by atoms with E-state index < -0.39 is 0 Å². The summed E-state index contributed by atoms with van der Waals surface area (Å²) in [6.07, 6.45) is 8.70. The molecule has 0 fully saturated rings. The predicted molar refractivity (Wildman–Crippen MR) is 64.9 cm³/mol. The first kappa shape index (κ1) is 10.8. The smallest absolute Gasteiger partial charge is 0.226 e. The second kappa shape index (κ2) is 4.90. The van der Waals surface area contributed by atoms with Crippen molar-refractivity contribution in [2.24, 2.45) is 5.92 Å². The van der Waals surface area contributed by atoms with Crippen LogP contribution in [0.25, 0.3) is 0 Å². The highest BCUT2D eigenvalue weighted by Gasteiger charge is 2.14. The lowest BCUT2D eigenvalue weighted by Gasteiger charge is -2.05. The van der Waals surface area contributed by atoms with Crippen molar-refractivity contribution in [2.75, 3.05) is 5.32 Å². The average Bonchev–Trinajstić information content (AvgIpc) is 2.77. The van der Waals surface area contributed by atoms with Gasteiger partial charge < -0.3 is 5.32 Å². The summed E-state index contributed by atoms with van der Waals surface area (Å²) < 4.78 is 0.929. The molecule has 0 radical (unpaired) electrons. The lowest BCUT2D eigenvalue weighted by atomic mass is 10.1. The Labute approximate surface area is 101 Å². The Bertz CT molecular complexity index is 389. The van der Waals surface area contributed by atoms with Crippen molar-refractivity contribution in [3.05, 3.63) is 22.1 Å². The molecule has 2 rings (SSSR count). The van der Waals surface area contributed by atoms with E-state index in [0.717, 1.165) is 16.6 Å². The molecular weight excluding hydrogens is 276 g/mol. The molecule has 0 saturated carbocycles. The molecule has 1 heterocycles. The van der Waals surface area contributed by atoms with Crippen LogP contribution >= 0.6 is 27.3 Å². The highest BCUT2D eigenvalue weighted by molar-refractivity contribution is 9.11. The highest BCUT2D eigenvalue weighted by Crippen LogP contribution is 2.25. The van der Waals surface area contributed by atoms with E-state index in [1.807, 2.05) is 0 Å². The number of aromatic nitrogens is 1. The molecule has 0 aromatic carbocycles. The first-order valence-electron chi connectivity index (χ1n) is 4.82. The molecule has 80 valence electrons. The molecule has 15 heavy (non-hydrogen) atoms. The van der Waals surface area contributed by atoms with Gasteiger partial charge in [0, 0.05) is 6.42 Å². The maximum atomic E-state index is 11.6. The fraction of sp³-hybridized carbons (Fsp3) is 0.400. The van der Waals surface area contributed by atoms with Crippen LogP contribution < -0.4 is 5.32 Å². The second-order valence-electron chi connectivity index (χ2n) is 3.49. The van der Waals surface area contributed by atoms with Crippen LogP contribution in [0.1, 0.15) is 19.3 Å². The SMILES string of the molecule is O=C(CC1C=CCC1)Nc1ncc(Br)s1. The van der Waals surface area contributed by atoms with Crippen molar-refractivity contribution in [1.29, 1.82) is 0 Å². The van der Waals surface area contributed by atoms with E-state index in [2.05, 4.69) is 38.4 Å². The van der Waals surface area contributed by atoms with Gasteiger partial charge in [0.25, 0.3) is 0 Å². The van der Waals surface area contributed by atoms with Gasteiger partial charge >= 0.3 is 0 Å². The number of hydrogen-bond donors (Lipinski definition) is 1. The van der Waals surface area contributed by atoms with E-state index in [0.29, 0.717) is 17.5 Å². The third-order valence-corrected chi connectivity index (χ3v) is 3.68. The summed E-state index contributed by atoms with van der Waals surface area (Å²) in [5.74, 6) is 0.460. The third kappa shape index (κ3) is 3.14. The molecule has 5 heteroatoms. The fourth-order valence-electron chi connectivity index (χ4n) is 1.59. The largest absolute Gasteiger partial charge is 0.302 e. The predicted octanol–water partition coefficient (Wildman–Crippen LogP) is 3.20. The summed E-state index contributed by atoms with van der Waals surface area (Å²) in [6.45, 7) is 0. The summed E-state index contributed by atoms with van der Waals surface area (Å²) in [5, 5.41) is 3.46. The Balaban J connectivity index is 1.84. The van der Waals surface area contributed by atoms with E-state index in [1.165, 1.54) is 11.3 Å². The number of carbonyl (C=O) groups excluding carboxylic acids is 1. The molecule has 0 spiro atoms. The van der Waals surface area contributed by atoms with Gasteiger partial charge in [-0.25, -0.2) is 4.98 Å². The molecule has 0 aliphatic heterocycles. The van der Waals surface area contributed by atoms with Crippen LogP contribution in [-0.2, 0) is 4.79 Å². The van der Waals surface area contributed by atoms with E-state index >= 15 is 0 Å². The molecule has 1 aliphatic rings. The van der Waals surface area contributed by atoms with Crippen LogP contribution in [0.15, 0.2) is 22.1 Å². The van der Waals surface area contributed by atoms with Crippen molar-refractivity contribution < 1.29 is 4.79 Å². The van der Waals surface area contributed by atoms with Gasteiger partial charge in [-0.3, -0.25) is 4.79 Å². The zero-order valence-electron chi connectivity index (χ0n) is 8.07. The Kier molecular flexibility index (Phi) is 3.53. The normalized spacial score (nSPS) is 19.4. The van der Waals surface area contributed by atoms with E-state index in [1.54, 1.807) is 6.20 Å². The van der Waals surface area contributed by atoms with Crippen LogP contribution in [0.2, 0.25) is 0 Å². The number of nitrogens with zero attached hydrogens (tertiary/aromatic N) is 1. The molecule has 1 unspecified atom stereocenters. The number of amides is 1. The monoisotopic (exact) mass is 286 g/mol. The quantitative estimate of drug-likeness (QED) is 0.867. The van der Waals surface area contributed by atoms with Gasteiger partial charge in [0.2, 0.25) is 5.91 Å². The number of rotatable bonds is 3. The van der Waals surface area contributed by atoms with Crippen molar-refractivity contribution in [3.8, 4) is 0 Å². The minimum atomic E-state index is 0.0494. The Morgan fingerprint density at radius 3 is 3.20 bits per heavy atom. The molecule has 1 N–H and O–H groups in total. The summed E-state index contributed by atoms with van der Waals surface area (Å²) >= 11 is 4.73. The highest BCUT2D eigenvalue weighted by atomic mass is 79.9. The molecule has 1 aromatic heterocycles. The van der Waals surface area contributed by atoms with Gasteiger partial charge in [0.1, 0.15) is 0 Å². The van der Waals surface area contributed by atoms with Crippen molar-refractivity contribution >= 4 is 38.3 Å². The zero-order valence-corrected chi connectivity index (χ0v) is 10.5. The number of halogens is 1. The molecule has 3 nitrogen and oxygen atoms in total. The Morgan fingerprint density at radius 1 is 1.73 bits per heavy atom. The maximum absolute atomic E-state index is 11.6. The average molecular weight is 287 g/mol. The maximum Gasteiger partial charge on any atom is 0.226 e. The van der Waals surface area contributed by atoms with Gasteiger partial charge in [-0.1, -0.05) is 23.5 Å². The van der Waals surface area contributed by atoms with Gasteiger partial charge in [-0.15, -0.1) is 0 Å². The standard InChI is InChI=1S/C10H11BrN2OS/c11-8-6-12-10(15-8)13-9(14)5-7-3-1-2-4-7/h1,3,6-7H,2,4-5H2,(H,12,13,14). The Morgan fingerprint density at radius 2 is 2.60 bits per heavy atom. The molecule has 1 aliphatic carbocycles. The fourth-order valence-corrected chi connectivity index (χ4v) is 2.71. The minimum Gasteiger partial charge on any atom is -0.302 e. The van der Waals surface area contributed by atoms with Gasteiger partial charge in [-0.05, 0) is 34.7 Å². The summed E-state index contributed by atoms with van der Waals surface area (Å²) in [7, 11) is 0. The lowest BCUT2D eigenvalue weighted by Crippen LogP contribution is -2.14. The zero-order chi connectivity index (χ0) is 10.7. The van der Waals surface area contributed by atoms with Gasteiger partial charge in [0.15, 0.2) is 5.13 Å². The van der Waals surface area contributed by atoms with Crippen molar-refractivity contribution in [3.63, 3.8) is 0 Å². The second-order valence-corrected chi connectivity index (χ2v) is 5.90. The molecule has 1 amide bonds. The topological polar surface area (TPSA) is 42.0 Å². The third-order valence-electron chi connectivity index (χ3n) is 2.28. The van der Waals surface area contributed by atoms with Crippen LogP contribution in [0.4, 0.5) is 5.13 Å². The first-order valence-corrected chi connectivity index (χ1v) is 6.43. The number of carbonyl (C=O) groups is 1. The molecule has 1 atom stereocenters. The molecule has 1 aromatic rings. The number of thiazole rings is 1.